The fourth-order valence-electron chi connectivity index (χ4n) is 3.09. The maximum atomic E-state index is 12.6. The van der Waals surface area contributed by atoms with Gasteiger partial charge in [-0.1, -0.05) is 48.5 Å². The highest BCUT2D eigenvalue weighted by atomic mass is 32.2. The molecular formula is C20H26N2O3S. The van der Waals surface area contributed by atoms with Crippen molar-refractivity contribution in [3.05, 3.63) is 66.2 Å². The fourth-order valence-corrected chi connectivity index (χ4v) is 4.53. The summed E-state index contributed by atoms with van der Waals surface area (Å²) in [7, 11) is -3.36. The van der Waals surface area contributed by atoms with Crippen molar-refractivity contribution in [2.24, 2.45) is 0 Å². The molecule has 0 radical (unpaired) electrons. The molecule has 0 aliphatic carbocycles. The zero-order valence-electron chi connectivity index (χ0n) is 15.0. The lowest BCUT2D eigenvalue weighted by molar-refractivity contribution is 0.102. The number of sulfonamides is 1. The molecule has 6 heteroatoms. The van der Waals surface area contributed by atoms with Crippen LogP contribution < -0.4 is 0 Å². The van der Waals surface area contributed by atoms with Crippen LogP contribution in [0.4, 0.5) is 0 Å². The van der Waals surface area contributed by atoms with Crippen LogP contribution in [0.3, 0.4) is 0 Å². The molecule has 1 fully saturated rings. The van der Waals surface area contributed by atoms with Gasteiger partial charge in [-0.15, -0.1) is 0 Å². The van der Waals surface area contributed by atoms with Crippen molar-refractivity contribution in [1.29, 1.82) is 0 Å². The first-order valence-corrected chi connectivity index (χ1v) is 10.5. The molecule has 0 N–H and O–H groups in total. The van der Waals surface area contributed by atoms with E-state index < -0.39 is 10.0 Å². The molecule has 5 nitrogen and oxygen atoms in total. The van der Waals surface area contributed by atoms with Gasteiger partial charge in [0.2, 0.25) is 10.0 Å². The van der Waals surface area contributed by atoms with Crippen molar-refractivity contribution in [2.45, 2.75) is 17.9 Å². The third-order valence-electron chi connectivity index (χ3n) is 4.59. The van der Waals surface area contributed by atoms with Crippen LogP contribution in [0.5, 0.6) is 0 Å². The predicted molar refractivity (Wildman–Crippen MR) is 102 cm³/mol. The van der Waals surface area contributed by atoms with E-state index in [-0.39, 0.29) is 0 Å². The van der Waals surface area contributed by atoms with E-state index in [1.54, 1.807) is 28.6 Å². The van der Waals surface area contributed by atoms with Gasteiger partial charge in [0.05, 0.1) is 11.5 Å². The SMILES string of the molecule is O=S(=O)(c1ccccc1)N1CCN(CCCOCc2ccccc2)CC1. The van der Waals surface area contributed by atoms with Gasteiger partial charge in [0, 0.05) is 39.3 Å². The van der Waals surface area contributed by atoms with E-state index in [1.165, 1.54) is 5.56 Å². The Morgan fingerprint density at radius 3 is 2.12 bits per heavy atom. The van der Waals surface area contributed by atoms with Crippen molar-refractivity contribution < 1.29 is 13.2 Å². The third-order valence-corrected chi connectivity index (χ3v) is 6.50. The van der Waals surface area contributed by atoms with Gasteiger partial charge in [-0.05, 0) is 24.1 Å². The summed E-state index contributed by atoms with van der Waals surface area (Å²) in [4.78, 5) is 2.69. The van der Waals surface area contributed by atoms with E-state index in [4.69, 9.17) is 4.74 Å². The average molecular weight is 375 g/mol. The largest absolute Gasteiger partial charge is 0.377 e. The predicted octanol–water partition coefficient (Wildman–Crippen LogP) is 2.60. The Balaban J connectivity index is 1.36. The van der Waals surface area contributed by atoms with E-state index in [0.717, 1.165) is 32.7 Å². The summed E-state index contributed by atoms with van der Waals surface area (Å²) in [6.45, 7) is 4.93. The molecule has 1 aliphatic rings. The Kier molecular flexibility index (Phi) is 6.80. The first-order chi connectivity index (χ1) is 12.7. The molecule has 0 bridgehead atoms. The van der Waals surface area contributed by atoms with Gasteiger partial charge in [0.25, 0.3) is 0 Å². The molecule has 0 atom stereocenters. The highest BCUT2D eigenvalue weighted by molar-refractivity contribution is 7.89. The van der Waals surface area contributed by atoms with E-state index in [1.807, 2.05) is 24.3 Å². The van der Waals surface area contributed by atoms with Gasteiger partial charge < -0.3 is 9.64 Å². The summed E-state index contributed by atoms with van der Waals surface area (Å²) < 4.78 is 32.5. The normalized spacial score (nSPS) is 16.6. The lowest BCUT2D eigenvalue weighted by Crippen LogP contribution is -2.48. The second-order valence-electron chi connectivity index (χ2n) is 6.45. The lowest BCUT2D eigenvalue weighted by Gasteiger charge is -2.33. The number of ether oxygens (including phenoxy) is 1. The van der Waals surface area contributed by atoms with E-state index in [9.17, 15) is 8.42 Å². The standard InChI is InChI=1S/C20H26N2O3S/c23-26(24,20-10-5-2-6-11-20)22-15-13-21(14-16-22)12-7-17-25-18-19-8-3-1-4-9-19/h1-6,8-11H,7,12-18H2. The monoisotopic (exact) mass is 374 g/mol. The summed E-state index contributed by atoms with van der Waals surface area (Å²) in [5.41, 5.74) is 1.19. The Morgan fingerprint density at radius 1 is 0.846 bits per heavy atom. The minimum atomic E-state index is -3.36. The molecule has 1 heterocycles. The zero-order valence-corrected chi connectivity index (χ0v) is 15.8. The first kappa shape index (κ1) is 19.0. The van der Waals surface area contributed by atoms with Crippen LogP contribution in [0.2, 0.25) is 0 Å². The Bertz CT molecular complexity index is 758. The Labute approximate surface area is 156 Å². The quantitative estimate of drug-likeness (QED) is 0.667. The van der Waals surface area contributed by atoms with Crippen LogP contribution in [0.1, 0.15) is 12.0 Å². The number of nitrogens with zero attached hydrogens (tertiary/aromatic N) is 2. The average Bonchev–Trinajstić information content (AvgIpc) is 2.69. The van der Waals surface area contributed by atoms with Crippen LogP contribution in [0, 0.1) is 0 Å². The van der Waals surface area contributed by atoms with Crippen LogP contribution in [0.25, 0.3) is 0 Å². The number of hydrogen-bond donors (Lipinski definition) is 0. The summed E-state index contributed by atoms with van der Waals surface area (Å²) in [6, 6.07) is 18.8. The minimum Gasteiger partial charge on any atom is -0.377 e. The number of benzene rings is 2. The molecule has 0 aromatic heterocycles. The summed E-state index contributed by atoms with van der Waals surface area (Å²) >= 11 is 0. The van der Waals surface area contributed by atoms with E-state index in [0.29, 0.717) is 24.6 Å². The molecule has 1 saturated heterocycles. The molecule has 3 rings (SSSR count). The fraction of sp³-hybridized carbons (Fsp3) is 0.400. The van der Waals surface area contributed by atoms with Gasteiger partial charge in [-0.25, -0.2) is 8.42 Å². The summed E-state index contributed by atoms with van der Waals surface area (Å²) in [5, 5.41) is 0. The second kappa shape index (κ2) is 9.28. The summed E-state index contributed by atoms with van der Waals surface area (Å²) in [5.74, 6) is 0. The van der Waals surface area contributed by atoms with E-state index >= 15 is 0 Å². The van der Waals surface area contributed by atoms with Gasteiger partial charge in [-0.3, -0.25) is 0 Å². The molecule has 0 spiro atoms. The number of rotatable bonds is 8. The third kappa shape index (κ3) is 5.14. The van der Waals surface area contributed by atoms with Gasteiger partial charge in [0.15, 0.2) is 0 Å². The Morgan fingerprint density at radius 2 is 1.46 bits per heavy atom. The molecule has 0 amide bonds. The molecule has 2 aromatic carbocycles. The molecular weight excluding hydrogens is 348 g/mol. The molecule has 26 heavy (non-hydrogen) atoms. The van der Waals surface area contributed by atoms with Gasteiger partial charge in [0.1, 0.15) is 0 Å². The molecule has 2 aromatic rings. The lowest BCUT2D eigenvalue weighted by atomic mass is 10.2. The van der Waals surface area contributed by atoms with Crippen LogP contribution >= 0.6 is 0 Å². The highest BCUT2D eigenvalue weighted by Crippen LogP contribution is 2.17. The van der Waals surface area contributed by atoms with Crippen LogP contribution in [-0.4, -0.2) is 57.0 Å². The topological polar surface area (TPSA) is 49.9 Å². The second-order valence-corrected chi connectivity index (χ2v) is 8.39. The molecule has 0 saturated carbocycles. The highest BCUT2D eigenvalue weighted by Gasteiger charge is 2.27. The summed E-state index contributed by atoms with van der Waals surface area (Å²) in [6.07, 6.45) is 0.957. The Hall–Kier alpha value is -1.73. The van der Waals surface area contributed by atoms with Crippen molar-refractivity contribution in [1.82, 2.24) is 9.21 Å². The van der Waals surface area contributed by atoms with E-state index in [2.05, 4.69) is 17.0 Å². The van der Waals surface area contributed by atoms with Gasteiger partial charge >= 0.3 is 0 Å². The number of hydrogen-bond acceptors (Lipinski definition) is 4. The zero-order chi connectivity index (χ0) is 18.2. The molecule has 0 unspecified atom stereocenters. The van der Waals surface area contributed by atoms with Crippen molar-refractivity contribution >= 4 is 10.0 Å². The first-order valence-electron chi connectivity index (χ1n) is 9.05. The maximum absolute atomic E-state index is 12.6. The van der Waals surface area contributed by atoms with Crippen LogP contribution in [0.15, 0.2) is 65.6 Å². The maximum Gasteiger partial charge on any atom is 0.243 e. The van der Waals surface area contributed by atoms with Crippen LogP contribution in [-0.2, 0) is 21.4 Å². The molecule has 1 aliphatic heterocycles. The van der Waals surface area contributed by atoms with Crippen molar-refractivity contribution in [2.75, 3.05) is 39.3 Å². The molecule has 140 valence electrons. The van der Waals surface area contributed by atoms with Gasteiger partial charge in [-0.2, -0.15) is 4.31 Å². The van der Waals surface area contributed by atoms with Crippen molar-refractivity contribution in [3.63, 3.8) is 0 Å². The smallest absolute Gasteiger partial charge is 0.243 e. The number of piperazine rings is 1. The minimum absolute atomic E-state index is 0.378. The van der Waals surface area contributed by atoms with Crippen molar-refractivity contribution in [3.8, 4) is 0 Å².